The van der Waals surface area contributed by atoms with Crippen LogP contribution in [0.5, 0.6) is 0 Å². The molecule has 0 heterocycles. The molecule has 106 valence electrons. The number of hydrogen-bond donors (Lipinski definition) is 1. The van der Waals surface area contributed by atoms with E-state index >= 15 is 0 Å². The fourth-order valence-electron chi connectivity index (χ4n) is 2.08. The van der Waals surface area contributed by atoms with Crippen molar-refractivity contribution in [2.75, 3.05) is 12.0 Å². The molecule has 0 bridgehead atoms. The molecule has 0 aliphatic heterocycles. The van der Waals surface area contributed by atoms with E-state index in [9.17, 15) is 9.32 Å². The second kappa shape index (κ2) is 6.27. The summed E-state index contributed by atoms with van der Waals surface area (Å²) in [7, 11) is -1.16. The molecule has 0 aromatic heterocycles. The average molecular weight is 329 g/mol. The molecule has 20 heavy (non-hydrogen) atoms. The Hall–Kier alpha value is -0.870. The summed E-state index contributed by atoms with van der Waals surface area (Å²) in [5.74, 6) is 0.107. The van der Waals surface area contributed by atoms with Gasteiger partial charge in [-0.3, -0.25) is 4.21 Å². The van der Waals surface area contributed by atoms with Gasteiger partial charge in [-0.1, -0.05) is 47.5 Å². The molecule has 1 N–H and O–H groups in total. The Morgan fingerprint density at radius 1 is 0.950 bits per heavy atom. The number of halogens is 2. The van der Waals surface area contributed by atoms with E-state index in [1.165, 1.54) is 0 Å². The maximum absolute atomic E-state index is 11.6. The lowest BCUT2D eigenvalue weighted by Crippen LogP contribution is -2.33. The van der Waals surface area contributed by atoms with Crippen LogP contribution in [-0.4, -0.2) is 21.3 Å². The summed E-state index contributed by atoms with van der Waals surface area (Å²) in [4.78, 5) is 0. The highest BCUT2D eigenvalue weighted by molar-refractivity contribution is 7.84. The van der Waals surface area contributed by atoms with Gasteiger partial charge in [0.05, 0.1) is 5.75 Å². The molecule has 0 saturated carbocycles. The van der Waals surface area contributed by atoms with Crippen molar-refractivity contribution >= 4 is 34.0 Å². The lowest BCUT2D eigenvalue weighted by molar-refractivity contribution is 0.107. The third-order valence-electron chi connectivity index (χ3n) is 3.06. The fourth-order valence-corrected chi connectivity index (χ4v) is 3.25. The standard InChI is InChI=1S/C15H14Cl2O2S/c1-20(19)10-15(18,11-2-6-13(16)7-3-11)12-4-8-14(17)9-5-12/h2-9,18H,10H2,1H3/t20-/m1/s1. The second-order valence-corrected chi connectivity index (χ2v) is 6.90. The molecule has 5 heteroatoms. The van der Waals surface area contributed by atoms with Gasteiger partial charge in [-0.05, 0) is 35.4 Å². The van der Waals surface area contributed by atoms with Crippen molar-refractivity contribution in [3.63, 3.8) is 0 Å². The van der Waals surface area contributed by atoms with Crippen LogP contribution in [0.2, 0.25) is 10.0 Å². The second-order valence-electron chi connectivity index (χ2n) is 4.59. The van der Waals surface area contributed by atoms with E-state index in [4.69, 9.17) is 23.2 Å². The minimum Gasteiger partial charge on any atom is -0.379 e. The summed E-state index contributed by atoms with van der Waals surface area (Å²) in [6.07, 6.45) is 1.57. The first-order valence-corrected chi connectivity index (χ1v) is 8.44. The Balaban J connectivity index is 2.52. The Morgan fingerprint density at radius 3 is 1.60 bits per heavy atom. The molecular formula is C15H14Cl2O2S. The number of aliphatic hydroxyl groups is 1. The van der Waals surface area contributed by atoms with Crippen LogP contribution in [0.15, 0.2) is 48.5 Å². The first-order valence-electron chi connectivity index (χ1n) is 5.96. The van der Waals surface area contributed by atoms with Gasteiger partial charge in [0, 0.05) is 27.1 Å². The molecule has 0 aliphatic carbocycles. The number of rotatable bonds is 4. The third kappa shape index (κ3) is 3.41. The first-order chi connectivity index (χ1) is 9.41. The van der Waals surface area contributed by atoms with Gasteiger partial charge in [0.1, 0.15) is 5.60 Å². The third-order valence-corrected chi connectivity index (χ3v) is 4.38. The van der Waals surface area contributed by atoms with Crippen LogP contribution < -0.4 is 0 Å². The Morgan fingerprint density at radius 2 is 1.30 bits per heavy atom. The van der Waals surface area contributed by atoms with Crippen LogP contribution in [0.3, 0.4) is 0 Å². The summed E-state index contributed by atoms with van der Waals surface area (Å²) in [5.41, 5.74) is -0.0201. The zero-order valence-electron chi connectivity index (χ0n) is 10.8. The fraction of sp³-hybridized carbons (Fsp3) is 0.200. The van der Waals surface area contributed by atoms with Gasteiger partial charge in [0.15, 0.2) is 0 Å². The van der Waals surface area contributed by atoms with E-state index in [-0.39, 0.29) is 5.75 Å². The van der Waals surface area contributed by atoms with Crippen LogP contribution >= 0.6 is 23.2 Å². The van der Waals surface area contributed by atoms with Crippen LogP contribution in [-0.2, 0) is 16.4 Å². The van der Waals surface area contributed by atoms with E-state index in [0.717, 1.165) is 0 Å². The van der Waals surface area contributed by atoms with Crippen molar-refractivity contribution in [3.8, 4) is 0 Å². The maximum Gasteiger partial charge on any atom is 0.126 e. The molecule has 0 unspecified atom stereocenters. The molecular weight excluding hydrogens is 315 g/mol. The summed E-state index contributed by atoms with van der Waals surface area (Å²) >= 11 is 11.8. The summed E-state index contributed by atoms with van der Waals surface area (Å²) in [6, 6.07) is 13.8. The molecule has 0 radical (unpaired) electrons. The van der Waals surface area contributed by atoms with Gasteiger partial charge in [0.2, 0.25) is 0 Å². The van der Waals surface area contributed by atoms with E-state index in [2.05, 4.69) is 0 Å². The summed E-state index contributed by atoms with van der Waals surface area (Å²) < 4.78 is 11.6. The van der Waals surface area contributed by atoms with Crippen LogP contribution in [0.1, 0.15) is 11.1 Å². The van der Waals surface area contributed by atoms with Gasteiger partial charge in [-0.2, -0.15) is 0 Å². The lowest BCUT2D eigenvalue weighted by atomic mass is 9.88. The quantitative estimate of drug-likeness (QED) is 0.930. The maximum atomic E-state index is 11.6. The summed E-state index contributed by atoms with van der Waals surface area (Å²) in [6.45, 7) is 0. The van der Waals surface area contributed by atoms with Crippen LogP contribution in [0, 0.1) is 0 Å². The van der Waals surface area contributed by atoms with Crippen LogP contribution in [0.25, 0.3) is 0 Å². The molecule has 2 aromatic rings. The Kier molecular flexibility index (Phi) is 4.86. The highest BCUT2D eigenvalue weighted by Crippen LogP contribution is 2.32. The zero-order chi connectivity index (χ0) is 14.8. The highest BCUT2D eigenvalue weighted by atomic mass is 35.5. The minimum atomic E-state index is -1.32. The molecule has 0 amide bonds. The lowest BCUT2D eigenvalue weighted by Gasteiger charge is -2.28. The minimum absolute atomic E-state index is 0.107. The predicted octanol–water partition coefficient (Wildman–Crippen LogP) is 3.61. The Bertz CT molecular complexity index is 563. The normalized spacial score (nSPS) is 13.2. The van der Waals surface area contributed by atoms with Gasteiger partial charge in [-0.25, -0.2) is 0 Å². The summed E-state index contributed by atoms with van der Waals surface area (Å²) in [5, 5.41) is 12.2. The average Bonchev–Trinajstić information content (AvgIpc) is 2.39. The molecule has 1 atom stereocenters. The first kappa shape index (κ1) is 15.5. The van der Waals surface area contributed by atoms with Gasteiger partial charge >= 0.3 is 0 Å². The topological polar surface area (TPSA) is 37.3 Å². The highest BCUT2D eigenvalue weighted by Gasteiger charge is 2.32. The molecule has 0 saturated heterocycles. The van der Waals surface area contributed by atoms with Crippen molar-refractivity contribution < 1.29 is 9.32 Å². The van der Waals surface area contributed by atoms with E-state index in [1.807, 2.05) is 0 Å². The zero-order valence-corrected chi connectivity index (χ0v) is 13.2. The van der Waals surface area contributed by atoms with Gasteiger partial charge in [-0.15, -0.1) is 0 Å². The van der Waals surface area contributed by atoms with Crippen molar-refractivity contribution in [2.24, 2.45) is 0 Å². The van der Waals surface area contributed by atoms with Crippen molar-refractivity contribution in [1.82, 2.24) is 0 Å². The Labute approximate surface area is 130 Å². The van der Waals surface area contributed by atoms with E-state index in [1.54, 1.807) is 54.8 Å². The van der Waals surface area contributed by atoms with Crippen molar-refractivity contribution in [3.05, 3.63) is 69.7 Å². The van der Waals surface area contributed by atoms with Gasteiger partial charge < -0.3 is 5.11 Å². The predicted molar refractivity (Wildman–Crippen MR) is 84.8 cm³/mol. The molecule has 0 aliphatic rings. The SMILES string of the molecule is C[S@@](=O)CC(O)(c1ccc(Cl)cc1)c1ccc(Cl)cc1. The van der Waals surface area contributed by atoms with Gasteiger partial charge in [0.25, 0.3) is 0 Å². The van der Waals surface area contributed by atoms with E-state index in [0.29, 0.717) is 21.2 Å². The van der Waals surface area contributed by atoms with Crippen molar-refractivity contribution in [1.29, 1.82) is 0 Å². The molecule has 2 rings (SSSR count). The van der Waals surface area contributed by atoms with Crippen LogP contribution in [0.4, 0.5) is 0 Å². The largest absolute Gasteiger partial charge is 0.379 e. The van der Waals surface area contributed by atoms with E-state index < -0.39 is 16.4 Å². The number of hydrogen-bond acceptors (Lipinski definition) is 2. The monoisotopic (exact) mass is 328 g/mol. The molecule has 2 nitrogen and oxygen atoms in total. The smallest absolute Gasteiger partial charge is 0.126 e. The number of benzene rings is 2. The van der Waals surface area contributed by atoms with Crippen molar-refractivity contribution in [2.45, 2.75) is 5.60 Å². The molecule has 2 aromatic carbocycles. The molecule has 0 spiro atoms. The molecule has 0 fully saturated rings.